The Balaban J connectivity index is 1.85. The molecule has 1 aliphatic rings. The molecule has 2 rings (SSSR count). The number of primary amides is 1. The molecule has 1 fully saturated rings. The Labute approximate surface area is 128 Å². The molecule has 1 aliphatic heterocycles. The van der Waals surface area contributed by atoms with E-state index in [1.165, 1.54) is 24.3 Å². The van der Waals surface area contributed by atoms with Crippen LogP contribution >= 0.6 is 0 Å². The maximum atomic E-state index is 11.8. The summed E-state index contributed by atoms with van der Waals surface area (Å²) in [5, 5.41) is 4.19. The molecule has 8 heteroatoms. The maximum absolute atomic E-state index is 11.8. The van der Waals surface area contributed by atoms with Crippen molar-refractivity contribution in [1.82, 2.24) is 15.3 Å². The number of carbonyl (C=O) groups excluding carboxylic acids is 3. The first-order valence-corrected chi connectivity index (χ1v) is 6.91. The van der Waals surface area contributed by atoms with Crippen LogP contribution in [0.4, 0.5) is 5.69 Å². The van der Waals surface area contributed by atoms with Gasteiger partial charge in [-0.2, -0.15) is 0 Å². The van der Waals surface area contributed by atoms with Gasteiger partial charge in [-0.1, -0.05) is 0 Å². The second kappa shape index (κ2) is 7.01. The van der Waals surface area contributed by atoms with Crippen molar-refractivity contribution in [2.75, 3.05) is 38.5 Å². The fourth-order valence-electron chi connectivity index (χ4n) is 2.02. The lowest BCUT2D eigenvalue weighted by molar-refractivity contribution is -0.139. The van der Waals surface area contributed by atoms with Gasteiger partial charge in [-0.05, 0) is 31.3 Å². The molecule has 3 amide bonds. The summed E-state index contributed by atoms with van der Waals surface area (Å²) in [6.45, 7) is 3.00. The molecule has 0 spiro atoms. The van der Waals surface area contributed by atoms with Gasteiger partial charge in [0.15, 0.2) is 0 Å². The highest BCUT2D eigenvalue weighted by atomic mass is 16.2. The van der Waals surface area contributed by atoms with Crippen LogP contribution in [0.3, 0.4) is 0 Å². The average Bonchev–Trinajstić information content (AvgIpc) is 2.50. The smallest absolute Gasteiger partial charge is 0.323 e. The number of hydrogen-bond donors (Lipinski definition) is 3. The number of nitrogens with zero attached hydrogens (tertiary/aromatic N) is 2. The molecule has 1 aromatic carbocycles. The highest BCUT2D eigenvalue weighted by Gasteiger charge is 2.20. The molecule has 0 aromatic heterocycles. The lowest BCUT2D eigenvalue weighted by atomic mass is 10.2. The summed E-state index contributed by atoms with van der Waals surface area (Å²) in [5.74, 6) is -2.03. The zero-order chi connectivity index (χ0) is 16.1. The number of anilines is 1. The number of carbonyl (C=O) groups is 3. The molecule has 8 nitrogen and oxygen atoms in total. The van der Waals surface area contributed by atoms with Gasteiger partial charge >= 0.3 is 11.8 Å². The Morgan fingerprint density at radius 2 is 1.59 bits per heavy atom. The third-order valence-corrected chi connectivity index (χ3v) is 3.40. The third-order valence-electron chi connectivity index (χ3n) is 3.40. The summed E-state index contributed by atoms with van der Waals surface area (Å²) in [4.78, 5) is 36.7. The third kappa shape index (κ3) is 4.27. The number of hydrogen-bond acceptors (Lipinski definition) is 5. The number of amides is 3. The minimum atomic E-state index is -0.759. The van der Waals surface area contributed by atoms with Crippen LogP contribution in [-0.2, 0) is 9.59 Å². The van der Waals surface area contributed by atoms with E-state index in [0.717, 1.165) is 13.1 Å². The Morgan fingerprint density at radius 1 is 1.00 bits per heavy atom. The number of piperazine rings is 1. The van der Waals surface area contributed by atoms with Gasteiger partial charge < -0.3 is 16.0 Å². The zero-order valence-corrected chi connectivity index (χ0v) is 12.3. The highest BCUT2D eigenvalue weighted by molar-refractivity contribution is 6.39. The first-order valence-electron chi connectivity index (χ1n) is 6.91. The van der Waals surface area contributed by atoms with Gasteiger partial charge in [0.05, 0.1) is 0 Å². The minimum absolute atomic E-state index is 0.333. The van der Waals surface area contributed by atoms with Gasteiger partial charge in [0, 0.05) is 37.4 Å². The number of benzene rings is 1. The van der Waals surface area contributed by atoms with E-state index in [1.54, 1.807) is 5.01 Å². The maximum Gasteiger partial charge on any atom is 0.323 e. The van der Waals surface area contributed by atoms with Gasteiger partial charge in [-0.15, -0.1) is 0 Å². The number of rotatable bonds is 3. The summed E-state index contributed by atoms with van der Waals surface area (Å²) in [6.07, 6.45) is 0. The van der Waals surface area contributed by atoms with E-state index in [1.807, 2.05) is 7.05 Å². The molecule has 1 saturated heterocycles. The van der Waals surface area contributed by atoms with E-state index in [2.05, 4.69) is 15.6 Å². The molecule has 0 unspecified atom stereocenters. The standard InChI is InChI=1S/C14H19N5O3/c1-18-6-8-19(9-7-18)17-14(22)13(21)16-11-4-2-10(3-5-11)12(15)20/h2-5H,6-9H2,1H3,(H2,15,20)(H,16,21)(H,17,22). The topological polar surface area (TPSA) is 108 Å². The second-order valence-electron chi connectivity index (χ2n) is 5.13. The molecular weight excluding hydrogens is 286 g/mol. The van der Waals surface area contributed by atoms with E-state index in [0.29, 0.717) is 24.3 Å². The van der Waals surface area contributed by atoms with Crippen LogP contribution in [0.25, 0.3) is 0 Å². The van der Waals surface area contributed by atoms with Crippen molar-refractivity contribution in [2.45, 2.75) is 0 Å². The molecule has 1 aromatic rings. The number of likely N-dealkylation sites (N-methyl/N-ethyl adjacent to an activating group) is 1. The Hall–Kier alpha value is -2.45. The zero-order valence-electron chi connectivity index (χ0n) is 12.3. The monoisotopic (exact) mass is 305 g/mol. The van der Waals surface area contributed by atoms with Gasteiger partial charge in [0.1, 0.15) is 0 Å². The lowest BCUT2D eigenvalue weighted by Gasteiger charge is -2.32. The molecule has 0 bridgehead atoms. The summed E-state index contributed by atoms with van der Waals surface area (Å²) in [5.41, 5.74) is 8.45. The summed E-state index contributed by atoms with van der Waals surface area (Å²) in [7, 11) is 2.00. The van der Waals surface area contributed by atoms with Crippen molar-refractivity contribution >= 4 is 23.4 Å². The van der Waals surface area contributed by atoms with Crippen molar-refractivity contribution in [2.24, 2.45) is 5.73 Å². The molecule has 118 valence electrons. The summed E-state index contributed by atoms with van der Waals surface area (Å²) in [6, 6.07) is 5.99. The van der Waals surface area contributed by atoms with Crippen molar-refractivity contribution in [3.63, 3.8) is 0 Å². The minimum Gasteiger partial charge on any atom is -0.366 e. The molecule has 0 radical (unpaired) electrons. The van der Waals surface area contributed by atoms with Crippen LogP contribution < -0.4 is 16.5 Å². The van der Waals surface area contributed by atoms with Crippen LogP contribution in [0, 0.1) is 0 Å². The van der Waals surface area contributed by atoms with E-state index in [4.69, 9.17) is 5.73 Å². The molecule has 1 heterocycles. The largest absolute Gasteiger partial charge is 0.366 e. The van der Waals surface area contributed by atoms with Crippen LogP contribution in [-0.4, -0.2) is 60.9 Å². The Kier molecular flexibility index (Phi) is 5.08. The van der Waals surface area contributed by atoms with Crippen LogP contribution in [0.15, 0.2) is 24.3 Å². The van der Waals surface area contributed by atoms with E-state index >= 15 is 0 Å². The molecule has 0 saturated carbocycles. The van der Waals surface area contributed by atoms with Crippen LogP contribution in [0.1, 0.15) is 10.4 Å². The van der Waals surface area contributed by atoms with Crippen molar-refractivity contribution in [1.29, 1.82) is 0 Å². The van der Waals surface area contributed by atoms with Gasteiger partial charge in [-0.3, -0.25) is 19.8 Å². The normalized spacial score (nSPS) is 16.0. The molecule has 0 aliphatic carbocycles. The fraction of sp³-hybridized carbons (Fsp3) is 0.357. The average molecular weight is 305 g/mol. The highest BCUT2D eigenvalue weighted by Crippen LogP contribution is 2.09. The number of hydrazine groups is 1. The van der Waals surface area contributed by atoms with Crippen LogP contribution in [0.2, 0.25) is 0 Å². The molecule has 4 N–H and O–H groups in total. The summed E-state index contributed by atoms with van der Waals surface area (Å²) < 4.78 is 0. The van der Waals surface area contributed by atoms with Crippen molar-refractivity contribution in [3.05, 3.63) is 29.8 Å². The second-order valence-corrected chi connectivity index (χ2v) is 5.13. The molecular formula is C14H19N5O3. The molecule has 22 heavy (non-hydrogen) atoms. The Morgan fingerprint density at radius 3 is 2.14 bits per heavy atom. The predicted molar refractivity (Wildman–Crippen MR) is 80.8 cm³/mol. The van der Waals surface area contributed by atoms with Gasteiger partial charge in [0.25, 0.3) is 0 Å². The van der Waals surface area contributed by atoms with Crippen LogP contribution in [0.5, 0.6) is 0 Å². The quantitative estimate of drug-likeness (QED) is 0.621. The fourth-order valence-corrected chi connectivity index (χ4v) is 2.02. The SMILES string of the molecule is CN1CCN(NC(=O)C(=O)Nc2ccc(C(N)=O)cc2)CC1. The van der Waals surface area contributed by atoms with Crippen molar-refractivity contribution < 1.29 is 14.4 Å². The van der Waals surface area contributed by atoms with E-state index in [9.17, 15) is 14.4 Å². The molecule has 0 atom stereocenters. The number of nitrogens with two attached hydrogens (primary N) is 1. The summed E-state index contributed by atoms with van der Waals surface area (Å²) >= 11 is 0. The van der Waals surface area contributed by atoms with Gasteiger partial charge in [-0.25, -0.2) is 5.01 Å². The first-order chi connectivity index (χ1) is 10.5. The lowest BCUT2D eigenvalue weighted by Crippen LogP contribution is -2.54. The first kappa shape index (κ1) is 15.9. The van der Waals surface area contributed by atoms with Gasteiger partial charge in [0.2, 0.25) is 5.91 Å². The predicted octanol–water partition coefficient (Wildman–Crippen LogP) is -0.997. The van der Waals surface area contributed by atoms with E-state index < -0.39 is 17.7 Å². The number of nitrogens with one attached hydrogen (secondary N) is 2. The van der Waals surface area contributed by atoms with Crippen molar-refractivity contribution in [3.8, 4) is 0 Å². The Bertz CT molecular complexity index is 564. The van der Waals surface area contributed by atoms with E-state index in [-0.39, 0.29) is 0 Å².